The van der Waals surface area contributed by atoms with Crippen molar-refractivity contribution in [1.82, 2.24) is 4.98 Å². The minimum absolute atomic E-state index is 0.614. The molecule has 0 spiro atoms. The smallest absolute Gasteiger partial charge is 0.126 e. The summed E-state index contributed by atoms with van der Waals surface area (Å²) in [5.41, 5.74) is 6.74. The van der Waals surface area contributed by atoms with Gasteiger partial charge in [0, 0.05) is 12.8 Å². The fourth-order valence-corrected chi connectivity index (χ4v) is 1.09. The van der Waals surface area contributed by atoms with Crippen molar-refractivity contribution in [1.29, 1.82) is 0 Å². The van der Waals surface area contributed by atoms with Gasteiger partial charge in [-0.15, -0.1) is 0 Å². The maximum Gasteiger partial charge on any atom is 0.126 e. The Kier molecular flexibility index (Phi) is 4.26. The van der Waals surface area contributed by atoms with Crippen LogP contribution in [0.15, 0.2) is 18.3 Å². The highest BCUT2D eigenvalue weighted by molar-refractivity contribution is 5.38. The first kappa shape index (κ1) is 9.99. The van der Waals surface area contributed by atoms with Gasteiger partial charge < -0.3 is 10.5 Å². The van der Waals surface area contributed by atoms with E-state index in [4.69, 9.17) is 10.5 Å². The second kappa shape index (κ2) is 5.54. The van der Waals surface area contributed by atoms with Crippen LogP contribution in [0.3, 0.4) is 0 Å². The van der Waals surface area contributed by atoms with E-state index in [1.807, 2.05) is 12.1 Å². The van der Waals surface area contributed by atoms with Crippen molar-refractivity contribution in [3.8, 4) is 0 Å². The predicted molar refractivity (Wildman–Crippen MR) is 53.5 cm³/mol. The van der Waals surface area contributed by atoms with Crippen molar-refractivity contribution in [3.05, 3.63) is 23.9 Å². The molecule has 3 heteroatoms. The Labute approximate surface area is 78.9 Å². The fourth-order valence-electron chi connectivity index (χ4n) is 1.09. The lowest BCUT2D eigenvalue weighted by molar-refractivity contribution is 0.138. The summed E-state index contributed by atoms with van der Waals surface area (Å²) in [6.45, 7) is 3.64. The Morgan fingerprint density at radius 1 is 1.46 bits per heavy atom. The number of rotatable bonds is 5. The molecule has 0 saturated heterocycles. The summed E-state index contributed by atoms with van der Waals surface area (Å²) in [7, 11) is 0. The van der Waals surface area contributed by atoms with E-state index in [-0.39, 0.29) is 0 Å². The molecule has 72 valence electrons. The van der Waals surface area contributed by atoms with Gasteiger partial charge in [-0.05, 0) is 24.5 Å². The summed E-state index contributed by atoms with van der Waals surface area (Å²) >= 11 is 0. The van der Waals surface area contributed by atoms with Crippen LogP contribution in [0.4, 0.5) is 5.82 Å². The molecule has 0 unspecified atom stereocenters. The van der Waals surface area contributed by atoms with Crippen LogP contribution in [0.1, 0.15) is 18.9 Å². The quantitative estimate of drug-likeness (QED) is 0.701. The predicted octanol–water partition coefficient (Wildman–Crippen LogP) is 1.63. The van der Waals surface area contributed by atoms with Crippen LogP contribution in [-0.4, -0.2) is 18.2 Å². The average Bonchev–Trinajstić information content (AvgIpc) is 2.15. The topological polar surface area (TPSA) is 48.1 Å². The van der Waals surface area contributed by atoms with Gasteiger partial charge >= 0.3 is 0 Å². The molecule has 2 N–H and O–H groups in total. The van der Waals surface area contributed by atoms with Crippen molar-refractivity contribution in [2.75, 3.05) is 18.9 Å². The number of hydrogen-bond acceptors (Lipinski definition) is 3. The van der Waals surface area contributed by atoms with Gasteiger partial charge in [0.15, 0.2) is 0 Å². The Bertz CT molecular complexity index is 250. The van der Waals surface area contributed by atoms with E-state index >= 15 is 0 Å². The first-order chi connectivity index (χ1) is 6.34. The zero-order valence-electron chi connectivity index (χ0n) is 7.99. The van der Waals surface area contributed by atoms with Gasteiger partial charge in [0.05, 0.1) is 6.61 Å². The highest BCUT2D eigenvalue weighted by Crippen LogP contribution is 2.07. The molecule has 0 aliphatic rings. The molecule has 0 amide bonds. The summed E-state index contributed by atoms with van der Waals surface area (Å²) in [5, 5.41) is 0. The van der Waals surface area contributed by atoms with Crippen molar-refractivity contribution in [2.45, 2.75) is 19.8 Å². The summed E-state index contributed by atoms with van der Waals surface area (Å²) in [4.78, 5) is 4.00. The summed E-state index contributed by atoms with van der Waals surface area (Å²) in [6, 6.07) is 3.88. The second-order valence-electron chi connectivity index (χ2n) is 2.91. The lowest BCUT2D eigenvalue weighted by Crippen LogP contribution is -2.03. The number of nitrogens with two attached hydrogens (primary N) is 1. The normalized spacial score (nSPS) is 10.2. The molecule has 3 nitrogen and oxygen atoms in total. The van der Waals surface area contributed by atoms with Crippen molar-refractivity contribution < 1.29 is 4.74 Å². The minimum atomic E-state index is 0.614. The van der Waals surface area contributed by atoms with Crippen LogP contribution in [0.25, 0.3) is 0 Å². The second-order valence-corrected chi connectivity index (χ2v) is 2.91. The Hall–Kier alpha value is -1.09. The number of pyridine rings is 1. The van der Waals surface area contributed by atoms with E-state index in [1.54, 1.807) is 6.20 Å². The van der Waals surface area contributed by atoms with Gasteiger partial charge in [0.1, 0.15) is 5.82 Å². The zero-order valence-corrected chi connectivity index (χ0v) is 7.99. The van der Waals surface area contributed by atoms with Gasteiger partial charge in [-0.3, -0.25) is 0 Å². The third kappa shape index (κ3) is 3.42. The molecular weight excluding hydrogens is 164 g/mol. The van der Waals surface area contributed by atoms with Crippen LogP contribution >= 0.6 is 0 Å². The van der Waals surface area contributed by atoms with Crippen LogP contribution in [0.5, 0.6) is 0 Å². The van der Waals surface area contributed by atoms with E-state index < -0.39 is 0 Å². The third-order valence-corrected chi connectivity index (χ3v) is 1.79. The van der Waals surface area contributed by atoms with Crippen molar-refractivity contribution >= 4 is 5.82 Å². The van der Waals surface area contributed by atoms with Crippen LogP contribution < -0.4 is 5.73 Å². The third-order valence-electron chi connectivity index (χ3n) is 1.79. The number of aromatic nitrogens is 1. The number of nitrogens with zero attached hydrogens (tertiary/aromatic N) is 1. The molecule has 0 bridgehead atoms. The highest BCUT2D eigenvalue weighted by Gasteiger charge is 1.97. The SMILES string of the molecule is CCCOCCc1cccnc1N. The maximum atomic E-state index is 5.67. The van der Waals surface area contributed by atoms with E-state index in [2.05, 4.69) is 11.9 Å². The molecule has 1 aromatic heterocycles. The zero-order chi connectivity index (χ0) is 9.52. The Morgan fingerprint density at radius 2 is 2.31 bits per heavy atom. The van der Waals surface area contributed by atoms with Crippen molar-refractivity contribution in [2.24, 2.45) is 0 Å². The largest absolute Gasteiger partial charge is 0.383 e. The molecule has 1 rings (SSSR count). The van der Waals surface area contributed by atoms with Gasteiger partial charge in [-0.2, -0.15) is 0 Å². The fraction of sp³-hybridized carbons (Fsp3) is 0.500. The monoisotopic (exact) mass is 180 g/mol. The van der Waals surface area contributed by atoms with E-state index in [0.29, 0.717) is 5.82 Å². The van der Waals surface area contributed by atoms with E-state index in [1.165, 1.54) is 0 Å². The number of hydrogen-bond donors (Lipinski definition) is 1. The molecule has 1 heterocycles. The molecule has 13 heavy (non-hydrogen) atoms. The Morgan fingerprint density at radius 3 is 3.00 bits per heavy atom. The molecule has 0 aromatic carbocycles. The maximum absolute atomic E-state index is 5.67. The summed E-state index contributed by atoms with van der Waals surface area (Å²) < 4.78 is 5.36. The standard InChI is InChI=1S/C10H16N2O/c1-2-7-13-8-5-9-4-3-6-12-10(9)11/h3-4,6H,2,5,7-8H2,1H3,(H2,11,12). The molecule has 0 aliphatic heterocycles. The van der Waals surface area contributed by atoms with Crippen LogP contribution in [-0.2, 0) is 11.2 Å². The average molecular weight is 180 g/mol. The van der Waals surface area contributed by atoms with Gasteiger partial charge in [-0.25, -0.2) is 4.98 Å². The molecular formula is C10H16N2O. The summed E-state index contributed by atoms with van der Waals surface area (Å²) in [6.07, 6.45) is 3.61. The Balaban J connectivity index is 2.32. The number of ether oxygens (including phenoxy) is 1. The first-order valence-corrected chi connectivity index (χ1v) is 4.61. The van der Waals surface area contributed by atoms with Gasteiger partial charge in [0.25, 0.3) is 0 Å². The van der Waals surface area contributed by atoms with E-state index in [9.17, 15) is 0 Å². The number of anilines is 1. The molecule has 0 atom stereocenters. The van der Waals surface area contributed by atoms with Crippen molar-refractivity contribution in [3.63, 3.8) is 0 Å². The number of nitrogen functional groups attached to an aromatic ring is 1. The van der Waals surface area contributed by atoms with Gasteiger partial charge in [-0.1, -0.05) is 13.0 Å². The summed E-state index contributed by atoms with van der Waals surface area (Å²) in [5.74, 6) is 0.614. The van der Waals surface area contributed by atoms with Gasteiger partial charge in [0.2, 0.25) is 0 Å². The first-order valence-electron chi connectivity index (χ1n) is 4.61. The van der Waals surface area contributed by atoms with Crippen LogP contribution in [0, 0.1) is 0 Å². The minimum Gasteiger partial charge on any atom is -0.383 e. The lowest BCUT2D eigenvalue weighted by Gasteiger charge is -2.04. The van der Waals surface area contributed by atoms with E-state index in [0.717, 1.165) is 31.6 Å². The molecule has 1 aromatic rings. The highest BCUT2D eigenvalue weighted by atomic mass is 16.5. The van der Waals surface area contributed by atoms with Crippen LogP contribution in [0.2, 0.25) is 0 Å². The molecule has 0 fully saturated rings. The lowest BCUT2D eigenvalue weighted by atomic mass is 10.2. The molecule has 0 aliphatic carbocycles. The molecule has 0 radical (unpaired) electrons. The molecule has 0 saturated carbocycles.